The number of carbonyl (C=O) groups is 2. The number of rotatable bonds is 6. The number of ether oxygens (including phenoxy) is 5. The minimum absolute atomic E-state index is 0.128. The first-order chi connectivity index (χ1) is 12.0. The highest BCUT2D eigenvalue weighted by Crippen LogP contribution is 2.34. The number of hydrogen-bond donors (Lipinski definition) is 0. The van der Waals surface area contributed by atoms with Crippen LogP contribution in [0.15, 0.2) is 36.4 Å². The predicted molar refractivity (Wildman–Crippen MR) is 88.8 cm³/mol. The molecule has 0 fully saturated rings. The van der Waals surface area contributed by atoms with Crippen LogP contribution in [0.5, 0.6) is 23.0 Å². The van der Waals surface area contributed by atoms with Gasteiger partial charge in [0.25, 0.3) is 0 Å². The fourth-order valence-electron chi connectivity index (χ4n) is 2.14. The summed E-state index contributed by atoms with van der Waals surface area (Å²) < 4.78 is 25.6. The van der Waals surface area contributed by atoms with Gasteiger partial charge in [-0.1, -0.05) is 0 Å². The summed E-state index contributed by atoms with van der Waals surface area (Å²) in [6, 6.07) is 9.09. The van der Waals surface area contributed by atoms with Crippen molar-refractivity contribution in [2.24, 2.45) is 0 Å². The minimum Gasteiger partial charge on any atom is -0.496 e. The van der Waals surface area contributed by atoms with Crippen molar-refractivity contribution < 1.29 is 33.3 Å². The Kier molecular flexibility index (Phi) is 5.84. The number of carbonyl (C=O) groups excluding carboxylic acids is 2. The van der Waals surface area contributed by atoms with E-state index in [0.29, 0.717) is 11.3 Å². The number of esters is 2. The monoisotopic (exact) mass is 346 g/mol. The molecule has 0 bridgehead atoms. The highest BCUT2D eigenvalue weighted by Gasteiger charge is 2.22. The van der Waals surface area contributed by atoms with Crippen LogP contribution in [0, 0.1) is 0 Å². The lowest BCUT2D eigenvalue weighted by atomic mass is 10.1. The summed E-state index contributed by atoms with van der Waals surface area (Å²) in [7, 11) is 5.64. The third-order valence-corrected chi connectivity index (χ3v) is 3.41. The number of benzene rings is 2. The first kappa shape index (κ1) is 18.1. The van der Waals surface area contributed by atoms with E-state index < -0.39 is 11.9 Å². The van der Waals surface area contributed by atoms with Crippen LogP contribution >= 0.6 is 0 Å². The van der Waals surface area contributed by atoms with E-state index in [1.54, 1.807) is 12.1 Å². The van der Waals surface area contributed by atoms with E-state index in [1.807, 2.05) is 0 Å². The van der Waals surface area contributed by atoms with Crippen LogP contribution in [0.1, 0.15) is 20.7 Å². The van der Waals surface area contributed by atoms with E-state index in [1.165, 1.54) is 52.7 Å². The summed E-state index contributed by atoms with van der Waals surface area (Å²) in [5, 5.41) is 0. The van der Waals surface area contributed by atoms with Gasteiger partial charge < -0.3 is 23.7 Å². The molecule has 132 valence electrons. The van der Waals surface area contributed by atoms with Crippen molar-refractivity contribution in [3.05, 3.63) is 47.5 Å². The molecule has 0 aliphatic carbocycles. The molecule has 25 heavy (non-hydrogen) atoms. The lowest BCUT2D eigenvalue weighted by Gasteiger charge is -2.14. The number of methoxy groups -OCH3 is 4. The van der Waals surface area contributed by atoms with E-state index in [0.717, 1.165) is 0 Å². The Morgan fingerprint density at radius 2 is 1.28 bits per heavy atom. The van der Waals surface area contributed by atoms with Crippen LogP contribution in [0.3, 0.4) is 0 Å². The first-order valence-corrected chi connectivity index (χ1v) is 7.24. The van der Waals surface area contributed by atoms with Crippen molar-refractivity contribution in [2.75, 3.05) is 28.4 Å². The highest BCUT2D eigenvalue weighted by molar-refractivity contribution is 5.97. The quantitative estimate of drug-likeness (QED) is 0.587. The zero-order chi connectivity index (χ0) is 18.4. The molecule has 0 radical (unpaired) electrons. The van der Waals surface area contributed by atoms with Gasteiger partial charge in [-0.05, 0) is 24.3 Å². The fourth-order valence-corrected chi connectivity index (χ4v) is 2.14. The SMILES string of the molecule is COC(=O)c1ccc(OC(=O)c2c(OC)cc(OC)cc2OC)cc1. The third-order valence-electron chi connectivity index (χ3n) is 3.41. The molecule has 0 saturated carbocycles. The molecule has 0 heterocycles. The van der Waals surface area contributed by atoms with Gasteiger partial charge in [-0.25, -0.2) is 9.59 Å². The molecule has 0 aliphatic rings. The Morgan fingerprint density at radius 1 is 0.720 bits per heavy atom. The Morgan fingerprint density at radius 3 is 1.72 bits per heavy atom. The Balaban J connectivity index is 2.30. The Hall–Kier alpha value is -3.22. The zero-order valence-electron chi connectivity index (χ0n) is 14.3. The van der Waals surface area contributed by atoms with Crippen molar-refractivity contribution in [3.8, 4) is 23.0 Å². The van der Waals surface area contributed by atoms with E-state index in [-0.39, 0.29) is 22.8 Å². The van der Waals surface area contributed by atoms with Crippen LogP contribution in [0.25, 0.3) is 0 Å². The summed E-state index contributed by atoms with van der Waals surface area (Å²) in [6.45, 7) is 0. The van der Waals surface area contributed by atoms with Gasteiger partial charge in [0, 0.05) is 12.1 Å². The molecule has 2 aromatic rings. The third kappa shape index (κ3) is 4.00. The second kappa shape index (κ2) is 8.05. The van der Waals surface area contributed by atoms with Gasteiger partial charge in [0.2, 0.25) is 0 Å². The molecule has 0 aliphatic heterocycles. The van der Waals surface area contributed by atoms with Gasteiger partial charge in [0.05, 0.1) is 34.0 Å². The van der Waals surface area contributed by atoms with Crippen molar-refractivity contribution in [1.29, 1.82) is 0 Å². The maximum absolute atomic E-state index is 12.5. The summed E-state index contributed by atoms with van der Waals surface area (Å²) >= 11 is 0. The maximum atomic E-state index is 12.5. The molecule has 0 aromatic heterocycles. The lowest BCUT2D eigenvalue weighted by molar-refractivity contribution is 0.0600. The maximum Gasteiger partial charge on any atom is 0.351 e. The molecule has 0 spiro atoms. The molecule has 0 N–H and O–H groups in total. The summed E-state index contributed by atoms with van der Waals surface area (Å²) in [4.78, 5) is 24.0. The van der Waals surface area contributed by atoms with E-state index in [4.69, 9.17) is 18.9 Å². The predicted octanol–water partition coefficient (Wildman–Crippen LogP) is 2.72. The topological polar surface area (TPSA) is 80.3 Å². The second-order valence-corrected chi connectivity index (χ2v) is 4.81. The molecule has 7 heteroatoms. The van der Waals surface area contributed by atoms with Crippen molar-refractivity contribution in [3.63, 3.8) is 0 Å². The largest absolute Gasteiger partial charge is 0.496 e. The van der Waals surface area contributed by atoms with Crippen molar-refractivity contribution in [1.82, 2.24) is 0 Å². The Labute approximate surface area is 145 Å². The van der Waals surface area contributed by atoms with Gasteiger partial charge in [-0.15, -0.1) is 0 Å². The fraction of sp³-hybridized carbons (Fsp3) is 0.222. The molecule has 0 atom stereocenters. The van der Waals surface area contributed by atoms with Gasteiger partial charge in [-0.3, -0.25) is 0 Å². The molecule has 2 aromatic carbocycles. The van der Waals surface area contributed by atoms with Gasteiger partial charge >= 0.3 is 11.9 Å². The molecule has 2 rings (SSSR count). The van der Waals surface area contributed by atoms with Crippen LogP contribution < -0.4 is 18.9 Å². The zero-order valence-corrected chi connectivity index (χ0v) is 14.3. The van der Waals surface area contributed by atoms with Gasteiger partial charge in [-0.2, -0.15) is 0 Å². The molecular weight excluding hydrogens is 328 g/mol. The van der Waals surface area contributed by atoms with Gasteiger partial charge in [0.15, 0.2) is 0 Å². The normalized spacial score (nSPS) is 9.92. The second-order valence-electron chi connectivity index (χ2n) is 4.81. The van der Waals surface area contributed by atoms with E-state index >= 15 is 0 Å². The summed E-state index contributed by atoms with van der Waals surface area (Å²) in [5.74, 6) is 0.114. The molecule has 0 amide bonds. The molecular formula is C18H18O7. The van der Waals surface area contributed by atoms with Crippen LogP contribution in [-0.4, -0.2) is 40.4 Å². The molecule has 7 nitrogen and oxygen atoms in total. The van der Waals surface area contributed by atoms with E-state index in [9.17, 15) is 9.59 Å². The summed E-state index contributed by atoms with van der Waals surface area (Å²) in [6.07, 6.45) is 0. The average molecular weight is 346 g/mol. The van der Waals surface area contributed by atoms with Crippen LogP contribution in [0.2, 0.25) is 0 Å². The number of hydrogen-bond acceptors (Lipinski definition) is 7. The van der Waals surface area contributed by atoms with Gasteiger partial charge in [0.1, 0.15) is 28.6 Å². The minimum atomic E-state index is -0.665. The molecule has 0 saturated heterocycles. The van der Waals surface area contributed by atoms with Crippen LogP contribution in [-0.2, 0) is 4.74 Å². The molecule has 0 unspecified atom stereocenters. The standard InChI is InChI=1S/C18H18O7/c1-21-13-9-14(22-2)16(15(10-13)23-3)18(20)25-12-7-5-11(6-8-12)17(19)24-4/h5-10H,1-4H3. The van der Waals surface area contributed by atoms with Crippen molar-refractivity contribution in [2.45, 2.75) is 0 Å². The van der Waals surface area contributed by atoms with E-state index in [2.05, 4.69) is 4.74 Å². The summed E-state index contributed by atoms with van der Waals surface area (Å²) in [5.41, 5.74) is 0.477. The highest BCUT2D eigenvalue weighted by atomic mass is 16.5. The first-order valence-electron chi connectivity index (χ1n) is 7.24. The lowest BCUT2D eigenvalue weighted by Crippen LogP contribution is -2.12. The Bertz CT molecular complexity index is 740. The van der Waals surface area contributed by atoms with Crippen LogP contribution in [0.4, 0.5) is 0 Å². The average Bonchev–Trinajstić information content (AvgIpc) is 2.66. The smallest absolute Gasteiger partial charge is 0.351 e. The van der Waals surface area contributed by atoms with Crippen molar-refractivity contribution >= 4 is 11.9 Å².